The van der Waals surface area contributed by atoms with Crippen LogP contribution in [0.25, 0.3) is 0 Å². The Kier molecular flexibility index (Phi) is 8.31. The first-order valence-corrected chi connectivity index (χ1v) is 19.8. The summed E-state index contributed by atoms with van der Waals surface area (Å²) in [5.41, 5.74) is -1.61. The number of aliphatic hydroxyl groups is 2. The largest absolute Gasteiger partial charge is 0.456 e. The van der Waals surface area contributed by atoms with E-state index in [0.29, 0.717) is 56.6 Å². The molecule has 0 aromatic heterocycles. The molecule has 3 radical (unpaired) electrons. The summed E-state index contributed by atoms with van der Waals surface area (Å²) in [6, 6.07) is 0. The van der Waals surface area contributed by atoms with Gasteiger partial charge in [0, 0.05) is 31.2 Å². The summed E-state index contributed by atoms with van der Waals surface area (Å²) in [5, 5.41) is 23.5. The van der Waals surface area contributed by atoms with Gasteiger partial charge in [-0.15, -0.1) is 0 Å². The number of hydrogen-bond acceptors (Lipinski definition) is 8. The summed E-state index contributed by atoms with van der Waals surface area (Å²) in [4.78, 5) is 27.0. The van der Waals surface area contributed by atoms with Crippen molar-refractivity contribution >= 4 is 11.9 Å². The zero-order chi connectivity index (χ0) is 35.8. The maximum atomic E-state index is 12.9. The van der Waals surface area contributed by atoms with E-state index in [1.165, 1.54) is 26.2 Å². The molecule has 6 saturated carbocycles. The van der Waals surface area contributed by atoms with Crippen LogP contribution in [0.2, 0.25) is 0 Å². The van der Waals surface area contributed by atoms with Crippen molar-refractivity contribution in [2.45, 2.75) is 156 Å². The van der Waals surface area contributed by atoms with Gasteiger partial charge in [-0.25, -0.2) is 0 Å². The lowest BCUT2D eigenvalue weighted by molar-refractivity contribution is -0.242. The predicted octanol–water partition coefficient (Wildman–Crippen LogP) is 6.16. The van der Waals surface area contributed by atoms with E-state index in [0.717, 1.165) is 38.5 Å². The first-order chi connectivity index (χ1) is 23.4. The molecule has 9 nitrogen and oxygen atoms in total. The van der Waals surface area contributed by atoms with Crippen LogP contribution < -0.4 is 0 Å². The Morgan fingerprint density at radius 3 is 2.50 bits per heavy atom. The lowest BCUT2D eigenvalue weighted by Gasteiger charge is -2.63. The quantitative estimate of drug-likeness (QED) is 0.305. The summed E-state index contributed by atoms with van der Waals surface area (Å²) >= 11 is 0. The van der Waals surface area contributed by atoms with Crippen molar-refractivity contribution in [2.75, 3.05) is 19.7 Å². The number of carbonyl (C=O) groups excluding carboxylic acids is 2. The van der Waals surface area contributed by atoms with E-state index in [1.807, 2.05) is 4.90 Å². The van der Waals surface area contributed by atoms with Crippen molar-refractivity contribution in [3.63, 3.8) is 0 Å². The molecule has 0 bridgehead atoms. The van der Waals surface area contributed by atoms with Gasteiger partial charge in [0.2, 0.25) is 5.91 Å². The number of esters is 1. The summed E-state index contributed by atoms with van der Waals surface area (Å²) in [7, 11) is 0. The molecule has 11 atom stereocenters. The molecule has 9 heteroatoms. The van der Waals surface area contributed by atoms with E-state index in [-0.39, 0.29) is 51.8 Å². The van der Waals surface area contributed by atoms with E-state index < -0.39 is 29.2 Å². The van der Waals surface area contributed by atoms with E-state index in [1.54, 1.807) is 19.8 Å². The van der Waals surface area contributed by atoms with Gasteiger partial charge >= 0.3 is 5.97 Å². The number of nitrogens with zero attached hydrogens (tertiary/aromatic N) is 1. The molecule has 8 aliphatic rings. The van der Waals surface area contributed by atoms with Gasteiger partial charge in [-0.3, -0.25) is 9.59 Å². The number of fused-ring (bicyclic) bond motifs is 4. The summed E-state index contributed by atoms with van der Waals surface area (Å²) < 4.78 is 25.3. The Balaban J connectivity index is 1.01. The number of rotatable bonds is 7. The topological polar surface area (TPSA) is 115 Å². The molecule has 279 valence electrons. The molecule has 1 unspecified atom stereocenters. The van der Waals surface area contributed by atoms with Crippen LogP contribution in [0.3, 0.4) is 0 Å². The fourth-order valence-corrected chi connectivity index (χ4v) is 13.4. The highest BCUT2D eigenvalue weighted by molar-refractivity contribution is 5.76. The maximum Gasteiger partial charge on any atom is 0.303 e. The molecule has 2 saturated heterocycles. The molecular formula is C41H62NO8. The van der Waals surface area contributed by atoms with Gasteiger partial charge in [0.25, 0.3) is 0 Å². The van der Waals surface area contributed by atoms with E-state index >= 15 is 0 Å². The Morgan fingerprint density at radius 2 is 1.82 bits per heavy atom. The minimum Gasteiger partial charge on any atom is -0.456 e. The second kappa shape index (κ2) is 11.6. The van der Waals surface area contributed by atoms with Gasteiger partial charge in [0.1, 0.15) is 12.2 Å². The van der Waals surface area contributed by atoms with E-state index in [2.05, 4.69) is 34.6 Å². The van der Waals surface area contributed by atoms with Crippen LogP contribution in [-0.2, 0) is 28.5 Å². The smallest absolute Gasteiger partial charge is 0.303 e. The molecule has 8 rings (SSSR count). The third-order valence-electron chi connectivity index (χ3n) is 16.1. The Morgan fingerprint density at radius 1 is 1.08 bits per heavy atom. The fraction of sp³-hybridized carbons (Fsp3) is 0.878. The summed E-state index contributed by atoms with van der Waals surface area (Å²) in [6.45, 7) is 18.2. The molecular weight excluding hydrogens is 634 g/mol. The van der Waals surface area contributed by atoms with Crippen LogP contribution in [0.5, 0.6) is 0 Å². The second-order valence-electron chi connectivity index (χ2n) is 19.6. The van der Waals surface area contributed by atoms with Gasteiger partial charge in [0.15, 0.2) is 12.4 Å². The molecule has 2 aliphatic heterocycles. The van der Waals surface area contributed by atoms with Gasteiger partial charge in [-0.2, -0.15) is 0 Å². The van der Waals surface area contributed by atoms with Gasteiger partial charge in [0.05, 0.1) is 31.0 Å². The summed E-state index contributed by atoms with van der Waals surface area (Å²) in [6.07, 6.45) is 10.5. The van der Waals surface area contributed by atoms with Crippen molar-refractivity contribution in [1.82, 2.24) is 4.90 Å². The molecule has 1 amide bonds. The van der Waals surface area contributed by atoms with E-state index in [9.17, 15) is 19.8 Å². The highest BCUT2D eigenvalue weighted by atomic mass is 16.7. The highest BCUT2D eigenvalue weighted by Crippen LogP contribution is 2.90. The number of ether oxygens (including phenoxy) is 4. The molecule has 0 aromatic carbocycles. The average Bonchev–Trinajstić information content (AvgIpc) is 3.96. The molecule has 2 heterocycles. The normalized spacial score (nSPS) is 46.6. The first-order valence-electron chi connectivity index (χ1n) is 19.8. The third kappa shape index (κ3) is 5.01. The average molecular weight is 697 g/mol. The molecule has 8 fully saturated rings. The van der Waals surface area contributed by atoms with Gasteiger partial charge < -0.3 is 34.1 Å². The first kappa shape index (κ1) is 35.8. The fourth-order valence-electron chi connectivity index (χ4n) is 13.4. The Hall–Kier alpha value is -1.26. The SMILES string of the molecule is CC(=O)O[C@@H]([C]1C[C@@H](C)[C@H]2[C](O1)[C@H](O)[C@@]1(C)[C]3CC[C@H]4C(C)(C)C(O[C@H]5CN(C(=O)CC6CC6)CCO5)CC[C@@]45C[C@@]35CC[C@]21C)C(C)(C)O. The van der Waals surface area contributed by atoms with Crippen molar-refractivity contribution in [2.24, 2.45) is 50.7 Å². The van der Waals surface area contributed by atoms with Crippen LogP contribution >= 0.6 is 0 Å². The number of carbonyl (C=O) groups is 2. The minimum atomic E-state index is -1.32. The van der Waals surface area contributed by atoms with Gasteiger partial charge in [-0.1, -0.05) is 34.6 Å². The monoisotopic (exact) mass is 696 g/mol. The Bertz CT molecular complexity index is 1370. The van der Waals surface area contributed by atoms with Crippen LogP contribution in [-0.4, -0.2) is 76.9 Å². The van der Waals surface area contributed by atoms with Crippen molar-refractivity contribution in [3.05, 3.63) is 18.1 Å². The molecule has 0 aromatic rings. The zero-order valence-electron chi connectivity index (χ0n) is 31.8. The number of amides is 1. The van der Waals surface area contributed by atoms with Crippen molar-refractivity contribution in [3.8, 4) is 0 Å². The van der Waals surface area contributed by atoms with Crippen molar-refractivity contribution < 1.29 is 38.7 Å². The number of morpholine rings is 1. The van der Waals surface area contributed by atoms with Crippen LogP contribution in [0.4, 0.5) is 0 Å². The van der Waals surface area contributed by atoms with E-state index in [4.69, 9.17) is 18.9 Å². The Labute approximate surface area is 299 Å². The lowest BCUT2D eigenvalue weighted by atomic mass is 9.41. The number of hydrogen-bond donors (Lipinski definition) is 2. The molecule has 50 heavy (non-hydrogen) atoms. The standard InChI is InChI=1S/C41H62NO8/c1-23-19-26(35(37(5,6)46)48-24(2)43)49-33-32(23)38(7)15-16-41-22-40(41)14-13-29(36(3,4)27(40)11-12-28(41)39(38,8)34(33)45)50-31-21-42(17-18-47-31)30(44)20-25-9-10-25/h23,25,27,29,31-32,34-35,45-46H,9-22H2,1-8H3/t23-,27+,29?,31+,32+,34+,35+,38-,39-,40-,41+/m1/s1. The predicted molar refractivity (Wildman–Crippen MR) is 185 cm³/mol. The lowest BCUT2D eigenvalue weighted by Crippen LogP contribution is -2.59. The second-order valence-corrected chi connectivity index (χ2v) is 19.6. The third-order valence-corrected chi connectivity index (χ3v) is 16.1. The molecule has 6 aliphatic carbocycles. The minimum absolute atomic E-state index is 0.0417. The summed E-state index contributed by atoms with van der Waals surface area (Å²) in [5.74, 6) is 2.70. The highest BCUT2D eigenvalue weighted by Gasteiger charge is 2.85. The van der Waals surface area contributed by atoms with Gasteiger partial charge in [-0.05, 0) is 123 Å². The van der Waals surface area contributed by atoms with Crippen LogP contribution in [0, 0.1) is 68.9 Å². The molecule has 2 N–H and O–H groups in total. The van der Waals surface area contributed by atoms with Crippen molar-refractivity contribution in [1.29, 1.82) is 0 Å². The van der Waals surface area contributed by atoms with Crippen LogP contribution in [0.1, 0.15) is 126 Å². The maximum absolute atomic E-state index is 12.9. The molecule has 2 spiro atoms. The zero-order valence-corrected chi connectivity index (χ0v) is 31.8. The number of aliphatic hydroxyl groups excluding tert-OH is 1. The van der Waals surface area contributed by atoms with Crippen LogP contribution in [0.15, 0.2) is 0 Å².